The van der Waals surface area contributed by atoms with Gasteiger partial charge in [0.15, 0.2) is 5.84 Å². The maximum Gasteiger partial charge on any atom is 0.416 e. The van der Waals surface area contributed by atoms with Crippen LogP contribution in [0.2, 0.25) is 0 Å². The molecular formula is C13H10F3N3O. The summed E-state index contributed by atoms with van der Waals surface area (Å²) in [5, 5.41) is 11.4. The summed E-state index contributed by atoms with van der Waals surface area (Å²) in [5.41, 5.74) is 5.70. The molecule has 0 radical (unpaired) electrons. The number of rotatable bonds is 2. The Kier molecular flexibility index (Phi) is 3.60. The van der Waals surface area contributed by atoms with E-state index in [1.165, 1.54) is 18.3 Å². The van der Waals surface area contributed by atoms with Gasteiger partial charge in [-0.15, -0.1) is 0 Å². The summed E-state index contributed by atoms with van der Waals surface area (Å²) in [6, 6.07) is 7.89. The fourth-order valence-corrected chi connectivity index (χ4v) is 1.68. The van der Waals surface area contributed by atoms with Crippen LogP contribution >= 0.6 is 0 Å². The number of oxime groups is 1. The maximum atomic E-state index is 12.7. The normalized spacial score (nSPS) is 12.4. The van der Waals surface area contributed by atoms with Crippen molar-refractivity contribution in [3.8, 4) is 11.1 Å². The number of alkyl halides is 3. The van der Waals surface area contributed by atoms with Crippen molar-refractivity contribution in [3.05, 3.63) is 53.9 Å². The van der Waals surface area contributed by atoms with E-state index in [2.05, 4.69) is 10.1 Å². The summed E-state index contributed by atoms with van der Waals surface area (Å²) < 4.78 is 38.0. The molecule has 1 heterocycles. The molecular weight excluding hydrogens is 271 g/mol. The van der Waals surface area contributed by atoms with E-state index in [4.69, 9.17) is 10.9 Å². The molecule has 0 fully saturated rings. The van der Waals surface area contributed by atoms with Gasteiger partial charge in [0.2, 0.25) is 0 Å². The second-order valence-electron chi connectivity index (χ2n) is 3.99. The van der Waals surface area contributed by atoms with Gasteiger partial charge >= 0.3 is 6.18 Å². The number of benzene rings is 1. The highest BCUT2D eigenvalue weighted by atomic mass is 19.4. The molecule has 3 N–H and O–H groups in total. The van der Waals surface area contributed by atoms with E-state index < -0.39 is 11.7 Å². The minimum Gasteiger partial charge on any atom is -0.409 e. The highest BCUT2D eigenvalue weighted by Gasteiger charge is 2.30. The Labute approximate surface area is 112 Å². The fourth-order valence-electron chi connectivity index (χ4n) is 1.68. The van der Waals surface area contributed by atoms with Crippen LogP contribution in [0.1, 0.15) is 11.3 Å². The monoisotopic (exact) mass is 281 g/mol. The number of aromatic nitrogens is 1. The van der Waals surface area contributed by atoms with Gasteiger partial charge in [0.05, 0.1) is 5.56 Å². The molecule has 0 aliphatic carbocycles. The van der Waals surface area contributed by atoms with Crippen LogP contribution in [-0.2, 0) is 6.18 Å². The zero-order valence-electron chi connectivity index (χ0n) is 10.1. The van der Waals surface area contributed by atoms with Crippen molar-refractivity contribution >= 4 is 5.84 Å². The third-order valence-electron chi connectivity index (χ3n) is 2.65. The Morgan fingerprint density at radius 1 is 1.15 bits per heavy atom. The van der Waals surface area contributed by atoms with Crippen molar-refractivity contribution in [2.75, 3.05) is 0 Å². The number of halogens is 3. The van der Waals surface area contributed by atoms with Gasteiger partial charge in [0.25, 0.3) is 0 Å². The largest absolute Gasteiger partial charge is 0.416 e. The van der Waals surface area contributed by atoms with Gasteiger partial charge in [0, 0.05) is 6.20 Å². The maximum absolute atomic E-state index is 12.7. The summed E-state index contributed by atoms with van der Waals surface area (Å²) in [4.78, 5) is 3.87. The molecule has 1 aromatic carbocycles. The molecule has 7 heteroatoms. The van der Waals surface area contributed by atoms with Crippen LogP contribution in [0.3, 0.4) is 0 Å². The summed E-state index contributed by atoms with van der Waals surface area (Å²) in [6.07, 6.45) is -3.03. The van der Waals surface area contributed by atoms with E-state index in [1.807, 2.05) is 0 Å². The van der Waals surface area contributed by atoms with Crippen LogP contribution in [0.25, 0.3) is 11.1 Å². The minimum atomic E-state index is -4.41. The lowest BCUT2D eigenvalue weighted by molar-refractivity contribution is -0.137. The standard InChI is InChI=1S/C13H10F3N3O/c14-13(15,16)10-3-1-2-8(6-10)9-4-5-18-11(7-9)12(17)19-20/h1-7,20H,(H2,17,19). The van der Waals surface area contributed by atoms with E-state index in [0.29, 0.717) is 11.1 Å². The Hall–Kier alpha value is -2.57. The Balaban J connectivity index is 2.47. The van der Waals surface area contributed by atoms with Gasteiger partial charge in [-0.05, 0) is 35.4 Å². The van der Waals surface area contributed by atoms with Crippen molar-refractivity contribution in [3.63, 3.8) is 0 Å². The number of amidine groups is 1. The first-order valence-electron chi connectivity index (χ1n) is 5.53. The van der Waals surface area contributed by atoms with Crippen LogP contribution < -0.4 is 5.73 Å². The third-order valence-corrected chi connectivity index (χ3v) is 2.65. The second kappa shape index (κ2) is 5.20. The molecule has 0 amide bonds. The SMILES string of the molecule is NC(=NO)c1cc(-c2cccc(C(F)(F)F)c2)ccn1. The topological polar surface area (TPSA) is 71.5 Å². The molecule has 1 aromatic heterocycles. The molecule has 4 nitrogen and oxygen atoms in total. The smallest absolute Gasteiger partial charge is 0.409 e. The second-order valence-corrected chi connectivity index (χ2v) is 3.99. The highest BCUT2D eigenvalue weighted by Crippen LogP contribution is 2.32. The van der Waals surface area contributed by atoms with Crippen molar-refractivity contribution in [2.24, 2.45) is 10.9 Å². The summed E-state index contributed by atoms with van der Waals surface area (Å²) in [6.45, 7) is 0. The van der Waals surface area contributed by atoms with Crippen molar-refractivity contribution in [2.45, 2.75) is 6.18 Å². The first-order chi connectivity index (χ1) is 9.41. The zero-order chi connectivity index (χ0) is 14.8. The molecule has 0 aliphatic rings. The van der Waals surface area contributed by atoms with E-state index in [0.717, 1.165) is 12.1 Å². The van der Waals surface area contributed by atoms with Gasteiger partial charge in [0.1, 0.15) is 5.69 Å². The number of pyridine rings is 1. The number of nitrogens with two attached hydrogens (primary N) is 1. The lowest BCUT2D eigenvalue weighted by atomic mass is 10.0. The number of hydrogen-bond donors (Lipinski definition) is 2. The average Bonchev–Trinajstić information content (AvgIpc) is 2.46. The molecule has 20 heavy (non-hydrogen) atoms. The summed E-state index contributed by atoms with van der Waals surface area (Å²) in [7, 11) is 0. The summed E-state index contributed by atoms with van der Waals surface area (Å²) in [5.74, 6) is -0.209. The van der Waals surface area contributed by atoms with Gasteiger partial charge in [-0.1, -0.05) is 17.3 Å². The molecule has 0 unspecified atom stereocenters. The Bertz CT molecular complexity index is 653. The van der Waals surface area contributed by atoms with Gasteiger partial charge in [-0.25, -0.2) is 0 Å². The van der Waals surface area contributed by atoms with E-state index in [1.54, 1.807) is 12.1 Å². The van der Waals surface area contributed by atoms with Crippen LogP contribution in [0.4, 0.5) is 13.2 Å². The number of nitrogens with zero attached hydrogens (tertiary/aromatic N) is 2. The predicted octanol–water partition coefficient (Wildman–Crippen LogP) is 2.86. The van der Waals surface area contributed by atoms with Crippen molar-refractivity contribution in [1.29, 1.82) is 0 Å². The molecule has 0 saturated carbocycles. The van der Waals surface area contributed by atoms with Crippen molar-refractivity contribution < 1.29 is 18.4 Å². The van der Waals surface area contributed by atoms with Gasteiger partial charge in [-0.2, -0.15) is 13.2 Å². The first kappa shape index (κ1) is 13.9. The van der Waals surface area contributed by atoms with E-state index in [-0.39, 0.29) is 11.5 Å². The summed E-state index contributed by atoms with van der Waals surface area (Å²) >= 11 is 0. The lowest BCUT2D eigenvalue weighted by Gasteiger charge is -2.09. The van der Waals surface area contributed by atoms with E-state index >= 15 is 0 Å². The predicted molar refractivity (Wildman–Crippen MR) is 67.2 cm³/mol. The average molecular weight is 281 g/mol. The first-order valence-corrected chi connectivity index (χ1v) is 5.53. The molecule has 0 aliphatic heterocycles. The molecule has 2 rings (SSSR count). The van der Waals surface area contributed by atoms with Crippen LogP contribution in [0, 0.1) is 0 Å². The molecule has 0 saturated heterocycles. The van der Waals surface area contributed by atoms with Gasteiger partial charge < -0.3 is 10.9 Å². The Morgan fingerprint density at radius 3 is 2.50 bits per heavy atom. The lowest BCUT2D eigenvalue weighted by Crippen LogP contribution is -2.14. The molecule has 0 bridgehead atoms. The molecule has 2 aromatic rings. The highest BCUT2D eigenvalue weighted by molar-refractivity contribution is 5.96. The molecule has 0 atom stereocenters. The number of hydrogen-bond acceptors (Lipinski definition) is 3. The quantitative estimate of drug-likeness (QED) is 0.385. The third kappa shape index (κ3) is 2.87. The van der Waals surface area contributed by atoms with E-state index in [9.17, 15) is 13.2 Å². The fraction of sp³-hybridized carbons (Fsp3) is 0.0769. The van der Waals surface area contributed by atoms with Crippen LogP contribution in [0.5, 0.6) is 0 Å². The van der Waals surface area contributed by atoms with Crippen LogP contribution in [-0.4, -0.2) is 16.0 Å². The molecule has 0 spiro atoms. The van der Waals surface area contributed by atoms with Crippen LogP contribution in [0.15, 0.2) is 47.8 Å². The Morgan fingerprint density at radius 2 is 1.85 bits per heavy atom. The molecule has 104 valence electrons. The van der Waals surface area contributed by atoms with Crippen molar-refractivity contribution in [1.82, 2.24) is 4.98 Å². The zero-order valence-corrected chi connectivity index (χ0v) is 10.1. The minimum absolute atomic E-state index is 0.183. The van der Waals surface area contributed by atoms with Gasteiger partial charge in [-0.3, -0.25) is 4.98 Å².